The number of nitrogens with two attached hydrogens (primary N) is 1. The van der Waals surface area contributed by atoms with Crippen LogP contribution in [0.15, 0.2) is 48.5 Å². The van der Waals surface area contributed by atoms with Crippen molar-refractivity contribution in [2.75, 3.05) is 13.2 Å². The Morgan fingerprint density at radius 1 is 0.969 bits per heavy atom. The van der Waals surface area contributed by atoms with Crippen molar-refractivity contribution in [3.63, 3.8) is 0 Å². The zero-order valence-electron chi connectivity index (χ0n) is 17.5. The minimum atomic E-state index is -1.12. The third-order valence-electron chi connectivity index (χ3n) is 4.59. The fraction of sp³-hybridized carbons (Fsp3) is 0.261. The lowest BCUT2D eigenvalue weighted by Crippen LogP contribution is -2.21. The summed E-state index contributed by atoms with van der Waals surface area (Å²) in [7, 11) is 0. The van der Waals surface area contributed by atoms with E-state index in [1.165, 1.54) is 31.2 Å². The minimum absolute atomic E-state index is 0.0118. The smallest absolute Gasteiger partial charge is 0.341 e. The predicted octanol–water partition coefficient (Wildman–Crippen LogP) is 2.46. The second kappa shape index (κ2) is 11.4. The Bertz CT molecular complexity index is 998. The van der Waals surface area contributed by atoms with E-state index in [-0.39, 0.29) is 36.9 Å². The van der Waals surface area contributed by atoms with E-state index in [1.54, 1.807) is 24.3 Å². The zero-order chi connectivity index (χ0) is 23.7. The van der Waals surface area contributed by atoms with E-state index >= 15 is 0 Å². The molecule has 9 nitrogen and oxygen atoms in total. The number of Topliss-reactive ketones (excluding diaryl/α,β-unsaturated/α-hetero) is 2. The second-order valence-electron chi connectivity index (χ2n) is 7.02. The van der Waals surface area contributed by atoms with Gasteiger partial charge in [0, 0.05) is 36.0 Å². The molecule has 1 atom stereocenters. The molecule has 4 N–H and O–H groups in total. The van der Waals surface area contributed by atoms with Crippen molar-refractivity contribution in [2.24, 2.45) is 11.7 Å². The molecule has 2 aromatic rings. The zero-order valence-corrected chi connectivity index (χ0v) is 17.5. The highest BCUT2D eigenvalue weighted by atomic mass is 16.5. The molecule has 0 aliphatic carbocycles. The van der Waals surface area contributed by atoms with E-state index in [4.69, 9.17) is 25.7 Å². The van der Waals surface area contributed by atoms with Gasteiger partial charge in [0.1, 0.15) is 11.6 Å². The van der Waals surface area contributed by atoms with Crippen molar-refractivity contribution in [1.29, 1.82) is 5.41 Å². The summed E-state index contributed by atoms with van der Waals surface area (Å²) in [6.45, 7) is 0.742. The molecular formula is C23H24N2O7. The summed E-state index contributed by atoms with van der Waals surface area (Å²) in [4.78, 5) is 47.5. The van der Waals surface area contributed by atoms with Gasteiger partial charge in [0.2, 0.25) is 0 Å². The number of rotatable bonds is 12. The van der Waals surface area contributed by atoms with Gasteiger partial charge in [-0.15, -0.1) is 0 Å². The van der Waals surface area contributed by atoms with Gasteiger partial charge in [-0.05, 0) is 30.7 Å². The number of nitrogen functional groups attached to an aromatic ring is 1. The molecule has 0 saturated heterocycles. The molecule has 0 bridgehead atoms. The van der Waals surface area contributed by atoms with Crippen LogP contribution >= 0.6 is 0 Å². The Labute approximate surface area is 184 Å². The van der Waals surface area contributed by atoms with Crippen LogP contribution in [0.2, 0.25) is 0 Å². The van der Waals surface area contributed by atoms with Crippen LogP contribution in [0.3, 0.4) is 0 Å². The van der Waals surface area contributed by atoms with Gasteiger partial charge in [0.15, 0.2) is 18.2 Å². The quantitative estimate of drug-likeness (QED) is 0.197. The van der Waals surface area contributed by atoms with E-state index in [1.807, 2.05) is 0 Å². The van der Waals surface area contributed by atoms with Crippen LogP contribution in [0, 0.1) is 11.3 Å². The van der Waals surface area contributed by atoms with Gasteiger partial charge in [0.25, 0.3) is 0 Å². The number of carboxylic acids is 1. The van der Waals surface area contributed by atoms with Crippen LogP contribution < -0.4 is 10.5 Å². The molecule has 0 radical (unpaired) electrons. The third-order valence-corrected chi connectivity index (χ3v) is 4.59. The number of amidine groups is 1. The number of esters is 1. The van der Waals surface area contributed by atoms with E-state index in [0.29, 0.717) is 22.4 Å². The van der Waals surface area contributed by atoms with Gasteiger partial charge in [-0.3, -0.25) is 19.8 Å². The van der Waals surface area contributed by atoms with Gasteiger partial charge >= 0.3 is 11.9 Å². The van der Waals surface area contributed by atoms with Crippen molar-refractivity contribution >= 4 is 29.3 Å². The SMILES string of the molecule is CC(=O)OCCC(CC(=O)c1ccc(C(=N)N)cc1)C(=O)c1ccc(OCC(=O)O)cc1. The molecule has 0 spiro atoms. The molecule has 0 aliphatic rings. The molecule has 0 aromatic heterocycles. The number of carbonyl (C=O) groups is 4. The van der Waals surface area contributed by atoms with Gasteiger partial charge < -0.3 is 20.3 Å². The van der Waals surface area contributed by atoms with Crippen molar-refractivity contribution in [3.8, 4) is 5.75 Å². The minimum Gasteiger partial charge on any atom is -0.482 e. The second-order valence-corrected chi connectivity index (χ2v) is 7.02. The lowest BCUT2D eigenvalue weighted by molar-refractivity contribution is -0.141. The molecule has 0 amide bonds. The molecule has 0 heterocycles. The van der Waals surface area contributed by atoms with Crippen LogP contribution in [0.25, 0.3) is 0 Å². The Morgan fingerprint density at radius 3 is 2.06 bits per heavy atom. The van der Waals surface area contributed by atoms with E-state index < -0.39 is 24.5 Å². The van der Waals surface area contributed by atoms with Gasteiger partial charge in [-0.1, -0.05) is 24.3 Å². The molecule has 32 heavy (non-hydrogen) atoms. The van der Waals surface area contributed by atoms with Gasteiger partial charge in [-0.2, -0.15) is 0 Å². The Hall–Kier alpha value is -4.01. The molecule has 2 rings (SSSR count). The number of aliphatic carboxylic acids is 1. The number of hydrogen-bond acceptors (Lipinski definition) is 7. The summed E-state index contributed by atoms with van der Waals surface area (Å²) in [5.41, 5.74) is 6.60. The van der Waals surface area contributed by atoms with Gasteiger partial charge in [0.05, 0.1) is 6.61 Å². The monoisotopic (exact) mass is 440 g/mol. The standard InChI is InChI=1S/C23H24N2O7/c1-14(26)31-11-10-18(12-20(27)15-2-4-17(5-3-15)23(24)25)22(30)16-6-8-19(9-7-16)32-13-21(28)29/h2-9,18H,10-13H2,1H3,(H3,24,25)(H,28,29). The number of benzene rings is 2. The molecule has 0 aliphatic heterocycles. The average Bonchev–Trinajstić information content (AvgIpc) is 2.76. The fourth-order valence-corrected chi connectivity index (χ4v) is 2.94. The van der Waals surface area contributed by atoms with Crippen LogP contribution in [0.1, 0.15) is 46.0 Å². The Balaban J connectivity index is 2.14. The third kappa shape index (κ3) is 7.35. The lowest BCUT2D eigenvalue weighted by Gasteiger charge is -2.16. The van der Waals surface area contributed by atoms with E-state index in [9.17, 15) is 19.2 Å². The molecule has 168 valence electrons. The summed E-state index contributed by atoms with van der Waals surface area (Å²) < 4.78 is 10.0. The first-order valence-electron chi connectivity index (χ1n) is 9.77. The van der Waals surface area contributed by atoms with Crippen molar-refractivity contribution in [1.82, 2.24) is 0 Å². The van der Waals surface area contributed by atoms with Crippen LogP contribution in [0.5, 0.6) is 5.75 Å². The number of carbonyl (C=O) groups excluding carboxylic acids is 3. The summed E-state index contributed by atoms with van der Waals surface area (Å²) in [5.74, 6) is -2.75. The number of nitrogens with one attached hydrogen (secondary N) is 1. The van der Waals surface area contributed by atoms with Crippen molar-refractivity contribution in [3.05, 3.63) is 65.2 Å². The maximum absolute atomic E-state index is 13.0. The summed E-state index contributed by atoms with van der Waals surface area (Å²) in [6, 6.07) is 12.1. The Morgan fingerprint density at radius 2 is 1.53 bits per heavy atom. The first-order valence-corrected chi connectivity index (χ1v) is 9.77. The maximum atomic E-state index is 13.0. The molecule has 9 heteroatoms. The number of carboxylic acid groups (broad SMARTS) is 1. The summed E-state index contributed by atoms with van der Waals surface area (Å²) >= 11 is 0. The highest BCUT2D eigenvalue weighted by Crippen LogP contribution is 2.22. The van der Waals surface area contributed by atoms with Crippen molar-refractivity contribution < 1.29 is 33.8 Å². The maximum Gasteiger partial charge on any atom is 0.341 e. The molecule has 0 fully saturated rings. The van der Waals surface area contributed by atoms with Gasteiger partial charge in [-0.25, -0.2) is 4.79 Å². The largest absolute Gasteiger partial charge is 0.482 e. The molecule has 2 aromatic carbocycles. The fourth-order valence-electron chi connectivity index (χ4n) is 2.94. The summed E-state index contributed by atoms with van der Waals surface area (Å²) in [6.07, 6.45) is 0.0593. The van der Waals surface area contributed by atoms with Crippen LogP contribution in [0.4, 0.5) is 0 Å². The topological polar surface area (TPSA) is 157 Å². The average molecular weight is 440 g/mol. The van der Waals surface area contributed by atoms with Crippen LogP contribution in [-0.4, -0.2) is 47.7 Å². The normalized spacial score (nSPS) is 11.3. The number of hydrogen-bond donors (Lipinski definition) is 3. The molecule has 0 saturated carbocycles. The molecule has 1 unspecified atom stereocenters. The van der Waals surface area contributed by atoms with E-state index in [0.717, 1.165) is 0 Å². The molecular weight excluding hydrogens is 416 g/mol. The summed E-state index contributed by atoms with van der Waals surface area (Å²) in [5, 5.41) is 16.1. The van der Waals surface area contributed by atoms with Crippen LogP contribution in [-0.2, 0) is 14.3 Å². The number of ketones is 2. The highest BCUT2D eigenvalue weighted by Gasteiger charge is 2.24. The first kappa shape index (κ1) is 24.3. The first-order chi connectivity index (χ1) is 15.2. The van der Waals surface area contributed by atoms with E-state index in [2.05, 4.69) is 0 Å². The highest BCUT2D eigenvalue weighted by molar-refractivity contribution is 6.04. The lowest BCUT2D eigenvalue weighted by atomic mass is 9.88. The van der Waals surface area contributed by atoms with Crippen molar-refractivity contribution in [2.45, 2.75) is 19.8 Å². The number of ether oxygens (including phenoxy) is 2. The predicted molar refractivity (Wildman–Crippen MR) is 115 cm³/mol. The Kier molecular flexibility index (Phi) is 8.64.